The zero-order valence-corrected chi connectivity index (χ0v) is 27.7. The van der Waals surface area contributed by atoms with Crippen LogP contribution in [0.25, 0.3) is 44.2 Å². The van der Waals surface area contributed by atoms with Crippen molar-refractivity contribution in [1.82, 2.24) is 0 Å². The Balaban J connectivity index is 1.14. The summed E-state index contributed by atoms with van der Waals surface area (Å²) in [6.07, 6.45) is 4.95. The largest absolute Gasteiger partial charge is 0.310 e. The van der Waals surface area contributed by atoms with Gasteiger partial charge in [0.05, 0.1) is 0 Å². The van der Waals surface area contributed by atoms with E-state index < -0.39 is 0 Å². The minimum Gasteiger partial charge on any atom is -0.310 e. The maximum atomic E-state index is 2.42. The van der Waals surface area contributed by atoms with Gasteiger partial charge in [-0.3, -0.25) is 0 Å². The predicted octanol–water partition coefficient (Wildman–Crippen LogP) is 12.8. The molecule has 0 N–H and O–H groups in total. The summed E-state index contributed by atoms with van der Waals surface area (Å²) in [5.74, 6) is 0. The average molecular weight is 618 g/mol. The Hall–Kier alpha value is -5.40. The van der Waals surface area contributed by atoms with Crippen LogP contribution in [-0.4, -0.2) is 0 Å². The maximum Gasteiger partial charge on any atom is 0.0465 e. The third kappa shape index (κ3) is 4.76. The summed E-state index contributed by atoms with van der Waals surface area (Å²) in [7, 11) is 0. The van der Waals surface area contributed by atoms with E-state index in [1.165, 1.54) is 97.8 Å². The minimum atomic E-state index is -0.0657. The van der Waals surface area contributed by atoms with Gasteiger partial charge in [-0.15, -0.1) is 0 Å². The summed E-state index contributed by atoms with van der Waals surface area (Å²) in [5, 5.41) is 2.53. The van der Waals surface area contributed by atoms with E-state index >= 15 is 0 Å². The first-order valence-electron chi connectivity index (χ1n) is 17.4. The van der Waals surface area contributed by atoms with Gasteiger partial charge in [0, 0.05) is 22.5 Å². The number of aryl methyl sites for hydroxylation is 1. The van der Waals surface area contributed by atoms with Crippen LogP contribution in [0.15, 0.2) is 152 Å². The SMILES string of the molecule is CC1(C)c2ccccc2-c2ccc(N(c3ccc(-c4ccc5ccccc5c4)cc3)c3ccc(-c4cccc5c4CCCC5)cc3)cc21. The van der Waals surface area contributed by atoms with E-state index in [1.54, 1.807) is 0 Å². The highest BCUT2D eigenvalue weighted by Gasteiger charge is 2.35. The molecule has 9 rings (SSSR count). The maximum absolute atomic E-state index is 2.42. The summed E-state index contributed by atoms with van der Waals surface area (Å²) < 4.78 is 0. The third-order valence-electron chi connectivity index (χ3n) is 10.9. The zero-order valence-electron chi connectivity index (χ0n) is 27.7. The molecule has 0 heterocycles. The third-order valence-corrected chi connectivity index (χ3v) is 10.9. The number of hydrogen-bond acceptors (Lipinski definition) is 1. The second-order valence-corrected chi connectivity index (χ2v) is 14.0. The van der Waals surface area contributed by atoms with Gasteiger partial charge < -0.3 is 4.90 Å². The van der Waals surface area contributed by atoms with E-state index in [1.807, 2.05) is 0 Å². The van der Waals surface area contributed by atoms with Crippen LogP contribution < -0.4 is 4.90 Å². The van der Waals surface area contributed by atoms with E-state index in [0.29, 0.717) is 0 Å². The lowest BCUT2D eigenvalue weighted by Gasteiger charge is -2.28. The standard InChI is InChI=1S/C47H39N/c1-47(2)45-17-8-7-15-43(45)44-29-28-40(31-46(44)47)48(38-24-20-33(21-25-38)37-19-18-32-10-3-4-12-36(32)30-37)39-26-22-35(23-27-39)42-16-9-13-34-11-5-6-14-41(34)42/h3-4,7-10,12-13,15-31H,5-6,11,14H2,1-2H3. The molecule has 0 saturated carbocycles. The predicted molar refractivity (Wildman–Crippen MR) is 204 cm³/mol. The van der Waals surface area contributed by atoms with Crippen LogP contribution in [-0.2, 0) is 18.3 Å². The second kappa shape index (κ2) is 11.4. The van der Waals surface area contributed by atoms with Gasteiger partial charge in [0.1, 0.15) is 0 Å². The molecule has 0 unspecified atom stereocenters. The summed E-state index contributed by atoms with van der Waals surface area (Å²) in [5.41, 5.74) is 17.1. The van der Waals surface area contributed by atoms with Crippen molar-refractivity contribution in [2.45, 2.75) is 44.9 Å². The van der Waals surface area contributed by atoms with Crippen LogP contribution in [0.3, 0.4) is 0 Å². The van der Waals surface area contributed by atoms with Gasteiger partial charge in [-0.25, -0.2) is 0 Å². The Morgan fingerprint density at radius 2 is 1.06 bits per heavy atom. The molecule has 2 aliphatic rings. The van der Waals surface area contributed by atoms with Crippen LogP contribution in [0.4, 0.5) is 17.1 Å². The van der Waals surface area contributed by atoms with Gasteiger partial charge in [0.15, 0.2) is 0 Å². The number of rotatable bonds is 5. The molecule has 0 amide bonds. The van der Waals surface area contributed by atoms with Crippen molar-refractivity contribution in [3.05, 3.63) is 174 Å². The molecular formula is C47H39N. The van der Waals surface area contributed by atoms with Crippen molar-refractivity contribution in [3.63, 3.8) is 0 Å². The van der Waals surface area contributed by atoms with Crippen LogP contribution in [0.5, 0.6) is 0 Å². The highest BCUT2D eigenvalue weighted by atomic mass is 15.1. The van der Waals surface area contributed by atoms with E-state index in [4.69, 9.17) is 0 Å². The number of nitrogens with zero attached hydrogens (tertiary/aromatic N) is 1. The fourth-order valence-corrected chi connectivity index (χ4v) is 8.29. The van der Waals surface area contributed by atoms with Crippen LogP contribution in [0, 0.1) is 0 Å². The number of hydrogen-bond donors (Lipinski definition) is 0. The first-order valence-corrected chi connectivity index (χ1v) is 17.4. The molecular weight excluding hydrogens is 579 g/mol. The number of anilines is 3. The monoisotopic (exact) mass is 617 g/mol. The lowest BCUT2D eigenvalue weighted by Crippen LogP contribution is -2.16. The van der Waals surface area contributed by atoms with Crippen LogP contribution in [0.2, 0.25) is 0 Å². The normalized spacial score (nSPS) is 14.3. The van der Waals surface area contributed by atoms with Crippen molar-refractivity contribution < 1.29 is 0 Å². The molecule has 0 aliphatic heterocycles. The van der Waals surface area contributed by atoms with Gasteiger partial charge in [-0.1, -0.05) is 123 Å². The second-order valence-electron chi connectivity index (χ2n) is 14.0. The lowest BCUT2D eigenvalue weighted by atomic mass is 9.82. The van der Waals surface area contributed by atoms with Crippen LogP contribution >= 0.6 is 0 Å². The van der Waals surface area contributed by atoms with Crippen molar-refractivity contribution in [3.8, 4) is 33.4 Å². The first kappa shape index (κ1) is 28.8. The molecule has 1 heteroatoms. The summed E-state index contributed by atoms with van der Waals surface area (Å²) in [6.45, 7) is 4.72. The molecule has 0 fully saturated rings. The fourth-order valence-electron chi connectivity index (χ4n) is 8.29. The molecule has 0 aromatic heterocycles. The van der Waals surface area contributed by atoms with E-state index in [9.17, 15) is 0 Å². The highest BCUT2D eigenvalue weighted by molar-refractivity contribution is 5.89. The van der Waals surface area contributed by atoms with Crippen molar-refractivity contribution in [2.24, 2.45) is 0 Å². The summed E-state index contributed by atoms with van der Waals surface area (Å²) >= 11 is 0. The Labute approximate surface area is 284 Å². The Morgan fingerprint density at radius 3 is 1.88 bits per heavy atom. The molecule has 48 heavy (non-hydrogen) atoms. The van der Waals surface area contributed by atoms with Gasteiger partial charge in [-0.2, -0.15) is 0 Å². The van der Waals surface area contributed by atoms with Crippen molar-refractivity contribution in [1.29, 1.82) is 0 Å². The molecule has 7 aromatic rings. The quantitative estimate of drug-likeness (QED) is 0.186. The molecule has 0 saturated heterocycles. The van der Waals surface area contributed by atoms with Gasteiger partial charge in [-0.05, 0) is 135 Å². The Morgan fingerprint density at radius 1 is 0.438 bits per heavy atom. The minimum absolute atomic E-state index is 0.0657. The van der Waals surface area contributed by atoms with E-state index in [2.05, 4.69) is 170 Å². The summed E-state index contributed by atoms with van der Waals surface area (Å²) in [4.78, 5) is 2.42. The topological polar surface area (TPSA) is 3.24 Å². The van der Waals surface area contributed by atoms with Gasteiger partial charge in [0.2, 0.25) is 0 Å². The molecule has 0 atom stereocenters. The molecule has 2 aliphatic carbocycles. The lowest BCUT2D eigenvalue weighted by molar-refractivity contribution is 0.660. The van der Waals surface area contributed by atoms with Gasteiger partial charge >= 0.3 is 0 Å². The van der Waals surface area contributed by atoms with E-state index in [-0.39, 0.29) is 5.41 Å². The van der Waals surface area contributed by atoms with Gasteiger partial charge in [0.25, 0.3) is 0 Å². The summed E-state index contributed by atoms with van der Waals surface area (Å²) in [6, 6.07) is 56.5. The molecule has 0 spiro atoms. The molecule has 7 aromatic carbocycles. The Kier molecular flexibility index (Phi) is 6.83. The average Bonchev–Trinajstić information content (AvgIpc) is 3.37. The molecule has 1 nitrogen and oxygen atoms in total. The molecule has 0 bridgehead atoms. The van der Waals surface area contributed by atoms with E-state index in [0.717, 1.165) is 11.4 Å². The zero-order chi connectivity index (χ0) is 32.2. The first-order chi connectivity index (χ1) is 23.5. The van der Waals surface area contributed by atoms with Crippen LogP contribution in [0.1, 0.15) is 48.9 Å². The molecule has 232 valence electrons. The number of benzene rings is 7. The molecule has 0 radical (unpaired) electrons. The fraction of sp³-hybridized carbons (Fsp3) is 0.149. The smallest absolute Gasteiger partial charge is 0.0465 e. The highest BCUT2D eigenvalue weighted by Crippen LogP contribution is 2.50. The van der Waals surface area contributed by atoms with Crippen molar-refractivity contribution >= 4 is 27.8 Å². The number of fused-ring (bicyclic) bond motifs is 5. The van der Waals surface area contributed by atoms with Crippen molar-refractivity contribution in [2.75, 3.05) is 4.90 Å². The Bertz CT molecular complexity index is 2310.